The summed E-state index contributed by atoms with van der Waals surface area (Å²) in [5.74, 6) is 0. The van der Waals surface area contributed by atoms with Gasteiger partial charge in [0.1, 0.15) is 6.07 Å². The zero-order chi connectivity index (χ0) is 12.3. The van der Waals surface area contributed by atoms with Gasteiger partial charge in [0.05, 0.1) is 23.4 Å². The fraction of sp³-hybridized carbons (Fsp3) is 0.500. The molecule has 0 amide bonds. The molecule has 0 aliphatic carbocycles. The van der Waals surface area contributed by atoms with Gasteiger partial charge in [0.25, 0.3) is 0 Å². The van der Waals surface area contributed by atoms with Crippen LogP contribution < -0.4 is 5.32 Å². The Morgan fingerprint density at radius 2 is 2.29 bits per heavy atom. The van der Waals surface area contributed by atoms with Crippen LogP contribution in [0.4, 0.5) is 5.69 Å². The Morgan fingerprint density at radius 1 is 1.47 bits per heavy atom. The highest BCUT2D eigenvalue weighted by molar-refractivity contribution is 5.63. The normalized spacial score (nSPS) is 24.1. The van der Waals surface area contributed by atoms with E-state index in [-0.39, 0.29) is 5.54 Å². The second kappa shape index (κ2) is 4.77. The monoisotopic (exact) mass is 230 g/mol. The molecule has 1 aromatic rings. The molecule has 1 aromatic carbocycles. The fourth-order valence-corrected chi connectivity index (χ4v) is 2.26. The lowest BCUT2D eigenvalue weighted by atomic mass is 9.93. The molecule has 1 atom stereocenters. The van der Waals surface area contributed by atoms with Gasteiger partial charge in [-0.05, 0) is 38.3 Å². The van der Waals surface area contributed by atoms with Crippen LogP contribution in [-0.2, 0) is 4.74 Å². The molecule has 1 N–H and O–H groups in total. The third-order valence-electron chi connectivity index (χ3n) is 3.26. The quantitative estimate of drug-likeness (QED) is 0.849. The van der Waals surface area contributed by atoms with Crippen molar-refractivity contribution >= 4 is 5.69 Å². The van der Waals surface area contributed by atoms with Gasteiger partial charge in [-0.25, -0.2) is 0 Å². The van der Waals surface area contributed by atoms with Crippen LogP contribution in [0, 0.1) is 18.3 Å². The summed E-state index contributed by atoms with van der Waals surface area (Å²) < 4.78 is 5.53. The average Bonchev–Trinajstić information content (AvgIpc) is 2.32. The highest BCUT2D eigenvalue weighted by Crippen LogP contribution is 2.28. The van der Waals surface area contributed by atoms with Crippen LogP contribution in [0.2, 0.25) is 0 Å². The highest BCUT2D eigenvalue weighted by Gasteiger charge is 2.28. The number of hydrogen-bond acceptors (Lipinski definition) is 3. The first-order valence-electron chi connectivity index (χ1n) is 6.00. The number of hydrogen-bond donors (Lipinski definition) is 1. The Hall–Kier alpha value is -1.53. The number of nitriles is 1. The van der Waals surface area contributed by atoms with Crippen LogP contribution in [0.5, 0.6) is 0 Å². The zero-order valence-corrected chi connectivity index (χ0v) is 10.4. The van der Waals surface area contributed by atoms with Crippen molar-refractivity contribution in [1.29, 1.82) is 5.26 Å². The molecule has 0 aromatic heterocycles. The Morgan fingerprint density at radius 3 is 2.94 bits per heavy atom. The third-order valence-corrected chi connectivity index (χ3v) is 3.26. The summed E-state index contributed by atoms with van der Waals surface area (Å²) in [6.45, 7) is 5.72. The van der Waals surface area contributed by atoms with Crippen LogP contribution in [0.3, 0.4) is 0 Å². The van der Waals surface area contributed by atoms with Gasteiger partial charge < -0.3 is 10.1 Å². The molecule has 1 aliphatic rings. The van der Waals surface area contributed by atoms with Gasteiger partial charge in [-0.2, -0.15) is 5.26 Å². The van der Waals surface area contributed by atoms with E-state index in [1.54, 1.807) is 0 Å². The molecular weight excluding hydrogens is 212 g/mol. The maximum Gasteiger partial charge on any atom is 0.101 e. The third kappa shape index (κ3) is 2.59. The number of nitrogens with one attached hydrogen (secondary N) is 1. The van der Waals surface area contributed by atoms with Crippen molar-refractivity contribution in [1.82, 2.24) is 0 Å². The molecule has 90 valence electrons. The number of rotatable bonds is 2. The minimum Gasteiger partial charge on any atom is -0.379 e. The van der Waals surface area contributed by atoms with Gasteiger partial charge in [0.2, 0.25) is 0 Å². The van der Waals surface area contributed by atoms with E-state index in [0.717, 1.165) is 30.7 Å². The minimum atomic E-state index is -0.0596. The van der Waals surface area contributed by atoms with E-state index >= 15 is 0 Å². The Balaban J connectivity index is 2.26. The first kappa shape index (κ1) is 11.9. The topological polar surface area (TPSA) is 45.0 Å². The molecule has 0 bridgehead atoms. The van der Waals surface area contributed by atoms with Crippen molar-refractivity contribution < 1.29 is 4.74 Å². The Labute approximate surface area is 102 Å². The average molecular weight is 230 g/mol. The summed E-state index contributed by atoms with van der Waals surface area (Å²) in [6.07, 6.45) is 2.14. The number of anilines is 1. The van der Waals surface area contributed by atoms with E-state index < -0.39 is 0 Å². The summed E-state index contributed by atoms with van der Waals surface area (Å²) in [6, 6.07) is 8.03. The van der Waals surface area contributed by atoms with Gasteiger partial charge >= 0.3 is 0 Å². The molecule has 2 rings (SSSR count). The number of ether oxygens (including phenoxy) is 1. The van der Waals surface area contributed by atoms with Crippen molar-refractivity contribution in [2.75, 3.05) is 18.5 Å². The predicted molar refractivity (Wildman–Crippen MR) is 68.0 cm³/mol. The summed E-state index contributed by atoms with van der Waals surface area (Å²) in [4.78, 5) is 0. The van der Waals surface area contributed by atoms with E-state index in [0.29, 0.717) is 12.2 Å². The van der Waals surface area contributed by atoms with Crippen molar-refractivity contribution in [3.63, 3.8) is 0 Å². The van der Waals surface area contributed by atoms with Gasteiger partial charge in [0.15, 0.2) is 0 Å². The van der Waals surface area contributed by atoms with E-state index in [1.807, 2.05) is 25.1 Å². The first-order valence-corrected chi connectivity index (χ1v) is 6.00. The highest BCUT2D eigenvalue weighted by atomic mass is 16.5. The largest absolute Gasteiger partial charge is 0.379 e. The lowest BCUT2D eigenvalue weighted by Gasteiger charge is -2.36. The van der Waals surface area contributed by atoms with E-state index in [4.69, 9.17) is 10.00 Å². The van der Waals surface area contributed by atoms with Crippen LogP contribution in [-0.4, -0.2) is 18.8 Å². The van der Waals surface area contributed by atoms with Gasteiger partial charge in [-0.3, -0.25) is 0 Å². The fourth-order valence-electron chi connectivity index (χ4n) is 2.26. The van der Waals surface area contributed by atoms with Crippen molar-refractivity contribution in [2.24, 2.45) is 0 Å². The van der Waals surface area contributed by atoms with Crippen LogP contribution in [0.1, 0.15) is 30.9 Å². The molecule has 1 fully saturated rings. The van der Waals surface area contributed by atoms with Gasteiger partial charge in [-0.15, -0.1) is 0 Å². The van der Waals surface area contributed by atoms with Crippen molar-refractivity contribution in [3.05, 3.63) is 29.3 Å². The molecule has 0 saturated carbocycles. The zero-order valence-electron chi connectivity index (χ0n) is 10.4. The smallest absolute Gasteiger partial charge is 0.101 e. The number of benzene rings is 1. The van der Waals surface area contributed by atoms with Crippen LogP contribution in [0.15, 0.2) is 18.2 Å². The second-order valence-electron chi connectivity index (χ2n) is 4.95. The lowest BCUT2D eigenvalue weighted by Crippen LogP contribution is -2.43. The summed E-state index contributed by atoms with van der Waals surface area (Å²) in [5.41, 5.74) is 2.70. The first-order chi connectivity index (χ1) is 8.14. The maximum absolute atomic E-state index is 9.14. The molecule has 0 spiro atoms. The number of nitrogens with zero attached hydrogens (tertiary/aromatic N) is 1. The van der Waals surface area contributed by atoms with Crippen LogP contribution >= 0.6 is 0 Å². The standard InChI is InChI=1S/C14H18N2O/c1-11-5-3-6-12(9-15)13(11)16-14(2)7-4-8-17-10-14/h3,5-6,16H,4,7-8,10H2,1-2H3. The molecule has 1 aliphatic heterocycles. The summed E-state index contributed by atoms with van der Waals surface area (Å²) in [7, 11) is 0. The predicted octanol–water partition coefficient (Wildman–Crippen LogP) is 2.85. The molecule has 3 heteroatoms. The summed E-state index contributed by atoms with van der Waals surface area (Å²) in [5, 5.41) is 12.6. The molecule has 3 nitrogen and oxygen atoms in total. The number of aryl methyl sites for hydroxylation is 1. The molecule has 1 heterocycles. The Bertz CT molecular complexity index is 442. The van der Waals surface area contributed by atoms with E-state index in [9.17, 15) is 0 Å². The molecule has 1 saturated heterocycles. The molecule has 0 radical (unpaired) electrons. The maximum atomic E-state index is 9.14. The number of para-hydroxylation sites is 1. The lowest BCUT2D eigenvalue weighted by molar-refractivity contribution is 0.0540. The van der Waals surface area contributed by atoms with E-state index in [2.05, 4.69) is 18.3 Å². The van der Waals surface area contributed by atoms with Crippen molar-refractivity contribution in [2.45, 2.75) is 32.2 Å². The molecule has 1 unspecified atom stereocenters. The van der Waals surface area contributed by atoms with Gasteiger partial charge in [0, 0.05) is 6.61 Å². The Kier molecular flexibility index (Phi) is 3.35. The summed E-state index contributed by atoms with van der Waals surface area (Å²) >= 11 is 0. The molecule has 17 heavy (non-hydrogen) atoms. The SMILES string of the molecule is Cc1cccc(C#N)c1NC1(C)CCCOC1. The van der Waals surface area contributed by atoms with Gasteiger partial charge in [-0.1, -0.05) is 12.1 Å². The van der Waals surface area contributed by atoms with Crippen molar-refractivity contribution in [3.8, 4) is 6.07 Å². The van der Waals surface area contributed by atoms with Crippen LogP contribution in [0.25, 0.3) is 0 Å². The molecular formula is C14H18N2O. The second-order valence-corrected chi connectivity index (χ2v) is 4.95. The minimum absolute atomic E-state index is 0.0596. The van der Waals surface area contributed by atoms with E-state index in [1.165, 1.54) is 0 Å².